The summed E-state index contributed by atoms with van der Waals surface area (Å²) >= 11 is 0. The van der Waals surface area contributed by atoms with Gasteiger partial charge in [-0.2, -0.15) is 4.31 Å². The zero-order valence-corrected chi connectivity index (χ0v) is 18.2. The fraction of sp³-hybridized carbons (Fsp3) is 0.435. The van der Waals surface area contributed by atoms with Gasteiger partial charge < -0.3 is 10.1 Å². The molecule has 2 aliphatic rings. The first-order chi connectivity index (χ1) is 14.4. The summed E-state index contributed by atoms with van der Waals surface area (Å²) in [4.78, 5) is 12.9. The van der Waals surface area contributed by atoms with Crippen molar-refractivity contribution in [3.05, 3.63) is 54.1 Å². The maximum absolute atomic E-state index is 13.1. The fourth-order valence-electron chi connectivity index (χ4n) is 4.44. The first-order valence-electron chi connectivity index (χ1n) is 10.5. The number of nitrogens with zero attached hydrogens (tertiary/aromatic N) is 1. The molecule has 2 aromatic carbocycles. The molecule has 4 rings (SSSR count). The van der Waals surface area contributed by atoms with Crippen molar-refractivity contribution >= 4 is 21.6 Å². The molecular formula is C23H28N2O4S. The van der Waals surface area contributed by atoms with Gasteiger partial charge in [0.25, 0.3) is 0 Å². The van der Waals surface area contributed by atoms with Gasteiger partial charge in [0.05, 0.1) is 10.8 Å². The number of ether oxygens (including phenoxy) is 1. The number of anilines is 1. The number of carbonyl (C=O) groups excluding carboxylic acids is 1. The Balaban J connectivity index is 1.44. The summed E-state index contributed by atoms with van der Waals surface area (Å²) in [5.41, 5.74) is 1.60. The summed E-state index contributed by atoms with van der Waals surface area (Å²) < 4.78 is 33.6. The molecule has 0 spiro atoms. The number of hydrogen-bond acceptors (Lipinski definition) is 4. The molecule has 30 heavy (non-hydrogen) atoms. The second kappa shape index (κ2) is 8.40. The second-order valence-corrected chi connectivity index (χ2v) is 10.1. The lowest BCUT2D eigenvalue weighted by Crippen LogP contribution is -2.47. The Morgan fingerprint density at radius 1 is 1.03 bits per heavy atom. The SMILES string of the molecule is C[C@@H]1CCC[C@@H](C)N1S(=O)(=O)c1ccc(NC(=O)[C@H]2COc3ccccc3C2)cc1. The highest BCUT2D eigenvalue weighted by molar-refractivity contribution is 7.89. The fourth-order valence-corrected chi connectivity index (χ4v) is 6.33. The van der Waals surface area contributed by atoms with Crippen molar-refractivity contribution in [2.24, 2.45) is 5.92 Å². The normalized spacial score (nSPS) is 24.5. The molecule has 1 N–H and O–H groups in total. The number of hydrogen-bond donors (Lipinski definition) is 1. The molecule has 2 aliphatic heterocycles. The smallest absolute Gasteiger partial charge is 0.243 e. The minimum atomic E-state index is -3.56. The van der Waals surface area contributed by atoms with Crippen LogP contribution in [0.25, 0.3) is 0 Å². The maximum atomic E-state index is 13.1. The van der Waals surface area contributed by atoms with Crippen molar-refractivity contribution in [1.82, 2.24) is 4.31 Å². The molecule has 0 bridgehead atoms. The van der Waals surface area contributed by atoms with Gasteiger partial charge in [-0.05, 0) is 69.0 Å². The van der Waals surface area contributed by atoms with Crippen molar-refractivity contribution in [2.45, 2.75) is 56.5 Å². The van der Waals surface area contributed by atoms with Gasteiger partial charge in [-0.3, -0.25) is 4.79 Å². The number of nitrogens with one attached hydrogen (secondary N) is 1. The van der Waals surface area contributed by atoms with Gasteiger partial charge in [0, 0.05) is 17.8 Å². The van der Waals surface area contributed by atoms with Gasteiger partial charge in [-0.15, -0.1) is 0 Å². The third kappa shape index (κ3) is 4.09. The average Bonchev–Trinajstić information content (AvgIpc) is 2.73. The number of piperidine rings is 1. The first-order valence-corrected chi connectivity index (χ1v) is 12.0. The van der Waals surface area contributed by atoms with Crippen LogP contribution in [0.5, 0.6) is 5.75 Å². The van der Waals surface area contributed by atoms with Crippen LogP contribution in [0.4, 0.5) is 5.69 Å². The van der Waals surface area contributed by atoms with Crippen LogP contribution < -0.4 is 10.1 Å². The molecule has 0 aromatic heterocycles. The van der Waals surface area contributed by atoms with Gasteiger partial charge in [0.15, 0.2) is 0 Å². The van der Waals surface area contributed by atoms with Crippen LogP contribution in [0.2, 0.25) is 0 Å². The Hall–Kier alpha value is -2.38. The van der Waals surface area contributed by atoms with Crippen molar-refractivity contribution in [3.63, 3.8) is 0 Å². The summed E-state index contributed by atoms with van der Waals surface area (Å²) in [6, 6.07) is 14.2. The van der Waals surface area contributed by atoms with Crippen molar-refractivity contribution in [2.75, 3.05) is 11.9 Å². The minimum Gasteiger partial charge on any atom is -0.492 e. The molecular weight excluding hydrogens is 400 g/mol. The van der Waals surface area contributed by atoms with Gasteiger partial charge >= 0.3 is 0 Å². The minimum absolute atomic E-state index is 0.00712. The molecule has 3 atom stereocenters. The number of sulfonamides is 1. The standard InChI is InChI=1S/C23H28N2O4S/c1-16-6-5-7-17(2)25(16)30(27,28)21-12-10-20(11-13-21)24-23(26)19-14-18-8-3-4-9-22(18)29-15-19/h3-4,8-13,16-17,19H,5-7,14-15H2,1-2H3,(H,24,26)/t16-,17-,19-/m1/s1. The van der Waals surface area contributed by atoms with Crippen LogP contribution in [0.1, 0.15) is 38.7 Å². The zero-order valence-electron chi connectivity index (χ0n) is 17.4. The van der Waals surface area contributed by atoms with Gasteiger partial charge in [0.2, 0.25) is 15.9 Å². The second-order valence-electron chi connectivity index (χ2n) is 8.30. The predicted octanol–water partition coefficient (Wildman–Crippen LogP) is 3.83. The number of amides is 1. The van der Waals surface area contributed by atoms with E-state index in [1.165, 1.54) is 0 Å². The van der Waals surface area contributed by atoms with E-state index in [2.05, 4.69) is 5.32 Å². The van der Waals surface area contributed by atoms with Crippen LogP contribution in [-0.2, 0) is 21.2 Å². The monoisotopic (exact) mass is 428 g/mol. The summed E-state index contributed by atoms with van der Waals surface area (Å²) in [6.07, 6.45) is 3.43. The highest BCUT2D eigenvalue weighted by Crippen LogP contribution is 2.30. The van der Waals surface area contributed by atoms with Gasteiger partial charge in [-0.25, -0.2) is 8.42 Å². The first kappa shape index (κ1) is 20.9. The van der Waals surface area contributed by atoms with Crippen molar-refractivity contribution in [3.8, 4) is 5.75 Å². The average molecular weight is 429 g/mol. The third-order valence-electron chi connectivity index (χ3n) is 6.06. The maximum Gasteiger partial charge on any atom is 0.243 e. The Bertz CT molecular complexity index is 1010. The lowest BCUT2D eigenvalue weighted by atomic mass is 9.96. The Labute approximate surface area is 178 Å². The van der Waals surface area contributed by atoms with Gasteiger partial charge in [0.1, 0.15) is 12.4 Å². The van der Waals surface area contributed by atoms with Crippen LogP contribution in [0.15, 0.2) is 53.4 Å². The number of rotatable bonds is 4. The van der Waals surface area contributed by atoms with Crippen LogP contribution in [0.3, 0.4) is 0 Å². The zero-order chi connectivity index (χ0) is 21.3. The highest BCUT2D eigenvalue weighted by atomic mass is 32.2. The summed E-state index contributed by atoms with van der Waals surface area (Å²) in [7, 11) is -3.56. The van der Waals surface area contributed by atoms with E-state index in [9.17, 15) is 13.2 Å². The van der Waals surface area contributed by atoms with Crippen LogP contribution >= 0.6 is 0 Å². The van der Waals surface area contributed by atoms with Crippen LogP contribution in [0, 0.1) is 5.92 Å². The molecule has 0 aliphatic carbocycles. The van der Waals surface area contributed by atoms with E-state index in [-0.39, 0.29) is 28.8 Å². The van der Waals surface area contributed by atoms with E-state index in [1.54, 1.807) is 28.6 Å². The molecule has 0 radical (unpaired) electrons. The summed E-state index contributed by atoms with van der Waals surface area (Å²) in [6.45, 7) is 4.26. The molecule has 1 amide bonds. The molecule has 6 nitrogen and oxygen atoms in total. The highest BCUT2D eigenvalue weighted by Gasteiger charge is 2.35. The van der Waals surface area contributed by atoms with E-state index in [0.29, 0.717) is 18.7 Å². The molecule has 0 unspecified atom stereocenters. The Morgan fingerprint density at radius 2 is 1.70 bits per heavy atom. The van der Waals surface area contributed by atoms with E-state index < -0.39 is 10.0 Å². The van der Waals surface area contributed by atoms with Gasteiger partial charge in [-0.1, -0.05) is 24.6 Å². The third-order valence-corrected chi connectivity index (χ3v) is 8.20. The Kier molecular flexibility index (Phi) is 5.84. The topological polar surface area (TPSA) is 75.7 Å². The van der Waals surface area contributed by atoms with Crippen molar-refractivity contribution < 1.29 is 17.9 Å². The lowest BCUT2D eigenvalue weighted by Gasteiger charge is -2.37. The molecule has 1 saturated heterocycles. The molecule has 160 valence electrons. The molecule has 7 heteroatoms. The van der Waals surface area contributed by atoms with Crippen LogP contribution in [-0.4, -0.2) is 37.3 Å². The summed E-state index contributed by atoms with van der Waals surface area (Å²) in [5.74, 6) is 0.425. The Morgan fingerprint density at radius 3 is 2.40 bits per heavy atom. The number of fused-ring (bicyclic) bond motifs is 1. The molecule has 2 heterocycles. The van der Waals surface area contributed by atoms with E-state index in [0.717, 1.165) is 30.6 Å². The molecule has 1 fully saturated rings. The number of carbonyl (C=O) groups is 1. The van der Waals surface area contributed by atoms with E-state index >= 15 is 0 Å². The predicted molar refractivity (Wildman–Crippen MR) is 116 cm³/mol. The molecule has 2 aromatic rings. The summed E-state index contributed by atoms with van der Waals surface area (Å²) in [5, 5.41) is 2.89. The number of benzene rings is 2. The lowest BCUT2D eigenvalue weighted by molar-refractivity contribution is -0.121. The number of para-hydroxylation sites is 1. The van der Waals surface area contributed by atoms with Crippen molar-refractivity contribution in [1.29, 1.82) is 0 Å². The quantitative estimate of drug-likeness (QED) is 0.803. The van der Waals surface area contributed by atoms with E-state index in [4.69, 9.17) is 4.74 Å². The largest absolute Gasteiger partial charge is 0.492 e. The van der Waals surface area contributed by atoms with E-state index in [1.807, 2.05) is 38.1 Å². The molecule has 0 saturated carbocycles.